The zero-order valence-electron chi connectivity index (χ0n) is 8.75. The van der Waals surface area contributed by atoms with E-state index in [0.717, 1.165) is 16.2 Å². The first-order valence-electron chi connectivity index (χ1n) is 4.83. The summed E-state index contributed by atoms with van der Waals surface area (Å²) in [5.74, 6) is 0. The van der Waals surface area contributed by atoms with Crippen LogP contribution in [0.15, 0.2) is 28.7 Å². The molecule has 0 amide bonds. The van der Waals surface area contributed by atoms with Crippen LogP contribution in [0.3, 0.4) is 0 Å². The van der Waals surface area contributed by atoms with Gasteiger partial charge in [-0.3, -0.25) is 9.82 Å². The van der Waals surface area contributed by atoms with E-state index in [2.05, 4.69) is 14.9 Å². The van der Waals surface area contributed by atoms with Gasteiger partial charge in [0.25, 0.3) is 10.0 Å². The molecule has 2 rings (SSSR count). The Kier molecular flexibility index (Phi) is 3.46. The molecule has 8 heteroatoms. The molecule has 0 aliphatic carbocycles. The van der Waals surface area contributed by atoms with E-state index in [0.29, 0.717) is 12.1 Å². The molecule has 92 valence electrons. The first-order valence-corrected chi connectivity index (χ1v) is 7.13. The van der Waals surface area contributed by atoms with Gasteiger partial charge in [0, 0.05) is 24.1 Å². The lowest BCUT2D eigenvalue weighted by Gasteiger charge is -2.02. The van der Waals surface area contributed by atoms with Gasteiger partial charge >= 0.3 is 0 Å². The van der Waals surface area contributed by atoms with Gasteiger partial charge in [-0.25, -0.2) is 8.42 Å². The van der Waals surface area contributed by atoms with Crippen molar-refractivity contribution in [3.63, 3.8) is 0 Å². The lowest BCUT2D eigenvalue weighted by atomic mass is 10.4. The molecule has 2 aromatic rings. The molecule has 0 aliphatic heterocycles. The van der Waals surface area contributed by atoms with Crippen molar-refractivity contribution in [2.24, 2.45) is 0 Å². The fourth-order valence-electron chi connectivity index (χ4n) is 1.26. The number of H-pyrrole nitrogens is 1. The molecule has 0 saturated carbocycles. The molecule has 0 radical (unpaired) electrons. The topological polar surface area (TPSA) is 95.1 Å². The van der Waals surface area contributed by atoms with E-state index in [-0.39, 0.29) is 10.8 Å². The predicted molar refractivity (Wildman–Crippen MR) is 64.5 cm³/mol. The van der Waals surface area contributed by atoms with Crippen LogP contribution in [0.5, 0.6) is 0 Å². The summed E-state index contributed by atoms with van der Waals surface area (Å²) >= 11 is 1.15. The van der Waals surface area contributed by atoms with Crippen LogP contribution in [0.2, 0.25) is 0 Å². The van der Waals surface area contributed by atoms with E-state index in [1.54, 1.807) is 6.07 Å². The smallest absolute Gasteiger partial charge is 0.271 e. The number of rotatable bonds is 5. The third-order valence-corrected chi connectivity index (χ3v) is 5.03. The minimum Gasteiger partial charge on any atom is -0.396 e. The van der Waals surface area contributed by atoms with Crippen LogP contribution in [0.4, 0.5) is 5.69 Å². The van der Waals surface area contributed by atoms with Crippen LogP contribution in [0.1, 0.15) is 4.88 Å². The van der Waals surface area contributed by atoms with Gasteiger partial charge < -0.3 is 5.11 Å². The quantitative estimate of drug-likeness (QED) is 0.751. The number of hydrogen-bond donors (Lipinski definition) is 3. The van der Waals surface area contributed by atoms with E-state index in [1.807, 2.05) is 0 Å². The Bertz CT molecular complexity index is 574. The van der Waals surface area contributed by atoms with Gasteiger partial charge in [0.05, 0.1) is 11.9 Å². The molecule has 0 atom stereocenters. The Balaban J connectivity index is 2.19. The van der Waals surface area contributed by atoms with Crippen LogP contribution in [-0.2, 0) is 16.4 Å². The maximum atomic E-state index is 11.9. The highest BCUT2D eigenvalue weighted by Gasteiger charge is 2.17. The normalized spacial score (nSPS) is 11.6. The summed E-state index contributed by atoms with van der Waals surface area (Å²) in [6.45, 7) is 0.00909. The van der Waals surface area contributed by atoms with Gasteiger partial charge in [-0.1, -0.05) is 0 Å². The largest absolute Gasteiger partial charge is 0.396 e. The second kappa shape index (κ2) is 4.86. The first kappa shape index (κ1) is 12.1. The molecule has 0 aromatic carbocycles. The van der Waals surface area contributed by atoms with Crippen LogP contribution >= 0.6 is 11.3 Å². The predicted octanol–water partition coefficient (Wildman–Crippen LogP) is 0.807. The van der Waals surface area contributed by atoms with Crippen molar-refractivity contribution < 1.29 is 13.5 Å². The minimum absolute atomic E-state index is 0.00909. The first-order chi connectivity index (χ1) is 8.12. The van der Waals surface area contributed by atoms with Crippen molar-refractivity contribution in [2.75, 3.05) is 11.3 Å². The fraction of sp³-hybridized carbons (Fsp3) is 0.222. The highest BCUT2D eigenvalue weighted by molar-refractivity contribution is 7.94. The van der Waals surface area contributed by atoms with E-state index in [4.69, 9.17) is 5.11 Å². The Morgan fingerprint density at radius 3 is 2.94 bits per heavy atom. The molecule has 17 heavy (non-hydrogen) atoms. The highest BCUT2D eigenvalue weighted by atomic mass is 32.2. The van der Waals surface area contributed by atoms with Crippen molar-refractivity contribution >= 4 is 27.0 Å². The van der Waals surface area contributed by atoms with Crippen LogP contribution < -0.4 is 4.72 Å². The summed E-state index contributed by atoms with van der Waals surface area (Å²) in [7, 11) is -3.55. The van der Waals surface area contributed by atoms with Crippen molar-refractivity contribution in [2.45, 2.75) is 10.6 Å². The third-order valence-electron chi connectivity index (χ3n) is 2.01. The fourth-order valence-corrected chi connectivity index (χ4v) is 3.64. The van der Waals surface area contributed by atoms with Crippen molar-refractivity contribution in [3.8, 4) is 0 Å². The minimum atomic E-state index is -3.55. The van der Waals surface area contributed by atoms with Crippen molar-refractivity contribution in [1.29, 1.82) is 0 Å². The van der Waals surface area contributed by atoms with Gasteiger partial charge in [-0.05, 0) is 12.1 Å². The van der Waals surface area contributed by atoms with Gasteiger partial charge in [0.15, 0.2) is 0 Å². The number of nitrogens with zero attached hydrogens (tertiary/aromatic N) is 1. The number of aliphatic hydroxyl groups excluding tert-OH is 1. The van der Waals surface area contributed by atoms with Crippen molar-refractivity contribution in [3.05, 3.63) is 29.4 Å². The average Bonchev–Trinajstić information content (AvgIpc) is 2.88. The van der Waals surface area contributed by atoms with E-state index in [9.17, 15) is 8.42 Å². The molecular formula is C9H11N3O3S2. The second-order valence-corrected chi connectivity index (χ2v) is 6.36. The molecule has 0 spiro atoms. The molecule has 3 N–H and O–H groups in total. The molecule has 6 nitrogen and oxygen atoms in total. The van der Waals surface area contributed by atoms with E-state index >= 15 is 0 Å². The van der Waals surface area contributed by atoms with Gasteiger partial charge in [0.2, 0.25) is 0 Å². The van der Waals surface area contributed by atoms with Crippen LogP contribution in [-0.4, -0.2) is 30.3 Å². The van der Waals surface area contributed by atoms with Gasteiger partial charge in [-0.2, -0.15) is 5.10 Å². The molecular weight excluding hydrogens is 262 g/mol. The Hall–Kier alpha value is -1.38. The zero-order valence-corrected chi connectivity index (χ0v) is 10.4. The summed E-state index contributed by atoms with van der Waals surface area (Å²) in [5, 5.41) is 14.9. The summed E-state index contributed by atoms with van der Waals surface area (Å²) in [5.41, 5.74) is 0.391. The second-order valence-electron chi connectivity index (χ2n) is 3.29. The number of sulfonamides is 1. The number of hydrogen-bond acceptors (Lipinski definition) is 5. The molecule has 0 unspecified atom stereocenters. The maximum Gasteiger partial charge on any atom is 0.271 e. The number of anilines is 1. The number of aliphatic hydroxyl groups is 1. The average molecular weight is 273 g/mol. The molecule has 0 bridgehead atoms. The molecule has 2 heterocycles. The van der Waals surface area contributed by atoms with Gasteiger partial charge in [-0.15, -0.1) is 11.3 Å². The standard InChI is InChI=1S/C9H11N3O3S2/c13-4-3-8-1-2-9(16-8)17(14,15)12-7-5-10-11-6-7/h1-2,5-6,12-13H,3-4H2,(H,10,11). The summed E-state index contributed by atoms with van der Waals surface area (Å²) < 4.78 is 26.4. The lowest BCUT2D eigenvalue weighted by Crippen LogP contribution is -2.10. The Labute approximate surface area is 102 Å². The maximum absolute atomic E-state index is 11.9. The van der Waals surface area contributed by atoms with E-state index in [1.165, 1.54) is 18.5 Å². The molecule has 0 aliphatic rings. The number of aromatic nitrogens is 2. The lowest BCUT2D eigenvalue weighted by molar-refractivity contribution is 0.300. The third kappa shape index (κ3) is 2.84. The van der Waals surface area contributed by atoms with Gasteiger partial charge in [0.1, 0.15) is 4.21 Å². The zero-order chi connectivity index (χ0) is 12.3. The monoisotopic (exact) mass is 273 g/mol. The van der Waals surface area contributed by atoms with Crippen LogP contribution in [0.25, 0.3) is 0 Å². The summed E-state index contributed by atoms with van der Waals surface area (Å²) in [4.78, 5) is 0.833. The molecule has 0 fully saturated rings. The summed E-state index contributed by atoms with van der Waals surface area (Å²) in [6, 6.07) is 3.23. The SMILES string of the molecule is O=S(=O)(Nc1cn[nH]c1)c1ccc(CCO)s1. The Morgan fingerprint density at radius 2 is 2.29 bits per heavy atom. The van der Waals surface area contributed by atoms with E-state index < -0.39 is 10.0 Å². The van der Waals surface area contributed by atoms with Crippen molar-refractivity contribution in [1.82, 2.24) is 10.2 Å². The number of aromatic amines is 1. The summed E-state index contributed by atoms with van der Waals surface area (Å²) in [6.07, 6.45) is 3.31. The van der Waals surface area contributed by atoms with Crippen LogP contribution in [0, 0.1) is 0 Å². The number of thiophene rings is 1. The Morgan fingerprint density at radius 1 is 1.47 bits per heavy atom. The molecule has 2 aromatic heterocycles. The number of nitrogens with one attached hydrogen (secondary N) is 2. The molecule has 0 saturated heterocycles. The highest BCUT2D eigenvalue weighted by Crippen LogP contribution is 2.23.